The lowest BCUT2D eigenvalue weighted by molar-refractivity contribution is -0.124. The average Bonchev–Trinajstić information content (AvgIpc) is 2.85. The average molecular weight is 369 g/mol. The number of amides is 1. The van der Waals surface area contributed by atoms with Crippen LogP contribution < -0.4 is 20.9 Å². The minimum Gasteiger partial charge on any atom is -0.487 e. The first-order valence-corrected chi connectivity index (χ1v) is 9.25. The fourth-order valence-corrected chi connectivity index (χ4v) is 3.45. The Bertz CT molecular complexity index is 895. The smallest absolute Gasteiger partial charge is 0.256 e. The highest BCUT2D eigenvalue weighted by atomic mass is 16.5. The summed E-state index contributed by atoms with van der Waals surface area (Å²) >= 11 is 0. The van der Waals surface area contributed by atoms with E-state index in [2.05, 4.69) is 25.5 Å². The van der Waals surface area contributed by atoms with Gasteiger partial charge in [-0.3, -0.25) is 19.5 Å². The SMILES string of the molecule is O=C1CN(CCCNc2nc3c(c(=O)[nH]2)Cc2ccccc2OC3)CCN1. The van der Waals surface area contributed by atoms with Crippen molar-refractivity contribution in [1.29, 1.82) is 0 Å². The number of aromatic nitrogens is 2. The molecular formula is C19H23N5O3. The van der Waals surface area contributed by atoms with Gasteiger partial charge in [-0.25, -0.2) is 4.98 Å². The van der Waals surface area contributed by atoms with Crippen LogP contribution in [0.15, 0.2) is 29.1 Å². The summed E-state index contributed by atoms with van der Waals surface area (Å²) in [7, 11) is 0. The van der Waals surface area contributed by atoms with Crippen molar-refractivity contribution in [2.24, 2.45) is 0 Å². The van der Waals surface area contributed by atoms with Gasteiger partial charge in [0.15, 0.2) is 0 Å². The Morgan fingerprint density at radius 2 is 2.15 bits per heavy atom. The second kappa shape index (κ2) is 7.79. The van der Waals surface area contributed by atoms with Gasteiger partial charge >= 0.3 is 0 Å². The topological polar surface area (TPSA) is 99.4 Å². The van der Waals surface area contributed by atoms with Gasteiger partial charge in [0.1, 0.15) is 12.4 Å². The highest BCUT2D eigenvalue weighted by Gasteiger charge is 2.19. The Morgan fingerprint density at radius 3 is 3.04 bits per heavy atom. The summed E-state index contributed by atoms with van der Waals surface area (Å²) in [5.41, 5.74) is 2.19. The fourth-order valence-electron chi connectivity index (χ4n) is 3.45. The van der Waals surface area contributed by atoms with E-state index in [0.29, 0.717) is 43.3 Å². The van der Waals surface area contributed by atoms with Crippen LogP contribution in [0.4, 0.5) is 5.95 Å². The highest BCUT2D eigenvalue weighted by Crippen LogP contribution is 2.25. The molecule has 0 spiro atoms. The van der Waals surface area contributed by atoms with Gasteiger partial charge in [-0.1, -0.05) is 18.2 Å². The number of H-pyrrole nitrogens is 1. The predicted molar refractivity (Wildman–Crippen MR) is 101 cm³/mol. The molecule has 0 bridgehead atoms. The van der Waals surface area contributed by atoms with Gasteiger partial charge < -0.3 is 15.4 Å². The number of benzene rings is 1. The molecule has 142 valence electrons. The normalized spacial score (nSPS) is 16.5. The first-order chi connectivity index (χ1) is 13.2. The van der Waals surface area contributed by atoms with Crippen LogP contribution >= 0.6 is 0 Å². The molecule has 8 heteroatoms. The molecule has 1 saturated heterocycles. The van der Waals surface area contributed by atoms with Gasteiger partial charge in [0.25, 0.3) is 5.56 Å². The lowest BCUT2D eigenvalue weighted by Crippen LogP contribution is -2.47. The third kappa shape index (κ3) is 4.11. The lowest BCUT2D eigenvalue weighted by Gasteiger charge is -2.26. The van der Waals surface area contributed by atoms with Crippen LogP contribution in [0.3, 0.4) is 0 Å². The number of fused-ring (bicyclic) bond motifs is 2. The molecule has 0 atom stereocenters. The van der Waals surface area contributed by atoms with E-state index in [0.717, 1.165) is 30.8 Å². The van der Waals surface area contributed by atoms with Gasteiger partial charge in [-0.15, -0.1) is 0 Å². The summed E-state index contributed by atoms with van der Waals surface area (Å²) in [6.45, 7) is 3.81. The minimum atomic E-state index is -0.129. The van der Waals surface area contributed by atoms with E-state index in [4.69, 9.17) is 4.74 Å². The zero-order chi connectivity index (χ0) is 18.6. The number of hydrogen-bond donors (Lipinski definition) is 3. The Kier molecular flexibility index (Phi) is 5.06. The van der Waals surface area contributed by atoms with Gasteiger partial charge in [0.05, 0.1) is 12.2 Å². The maximum absolute atomic E-state index is 12.5. The molecule has 0 unspecified atom stereocenters. The molecule has 0 radical (unpaired) electrons. The first-order valence-electron chi connectivity index (χ1n) is 9.25. The molecule has 3 heterocycles. The number of carbonyl (C=O) groups excluding carboxylic acids is 1. The van der Waals surface area contributed by atoms with E-state index in [1.165, 1.54) is 0 Å². The molecule has 1 fully saturated rings. The largest absolute Gasteiger partial charge is 0.487 e. The molecule has 27 heavy (non-hydrogen) atoms. The van der Waals surface area contributed by atoms with Crippen molar-refractivity contribution in [1.82, 2.24) is 20.2 Å². The third-order valence-electron chi connectivity index (χ3n) is 4.87. The predicted octanol–water partition coefficient (Wildman–Crippen LogP) is 0.487. The molecule has 1 aromatic heterocycles. The molecule has 1 amide bonds. The van der Waals surface area contributed by atoms with E-state index in [1.807, 2.05) is 24.3 Å². The zero-order valence-corrected chi connectivity index (χ0v) is 15.1. The van der Waals surface area contributed by atoms with Crippen LogP contribution in [0.2, 0.25) is 0 Å². The number of piperazine rings is 1. The van der Waals surface area contributed by atoms with Crippen molar-refractivity contribution >= 4 is 11.9 Å². The molecule has 0 aliphatic carbocycles. The van der Waals surface area contributed by atoms with Crippen molar-refractivity contribution < 1.29 is 9.53 Å². The first kappa shape index (κ1) is 17.5. The second-order valence-corrected chi connectivity index (χ2v) is 6.82. The summed E-state index contributed by atoms with van der Waals surface area (Å²) in [5.74, 6) is 1.34. The van der Waals surface area contributed by atoms with Crippen LogP contribution in [0.5, 0.6) is 5.75 Å². The standard InChI is InChI=1S/C19H23N5O3/c25-17-11-24(9-7-20-17)8-3-6-21-19-22-15-12-27-16-5-2-1-4-13(16)10-14(15)18(26)23-19/h1-2,4-5H,3,6-12H2,(H,20,25)(H2,21,22,23,26). The van der Waals surface area contributed by atoms with Gasteiger partial charge in [-0.2, -0.15) is 0 Å². The van der Waals surface area contributed by atoms with Crippen molar-refractivity contribution in [2.45, 2.75) is 19.4 Å². The molecule has 8 nitrogen and oxygen atoms in total. The molecule has 3 N–H and O–H groups in total. The van der Waals surface area contributed by atoms with Crippen LogP contribution in [0.25, 0.3) is 0 Å². The Hall–Kier alpha value is -2.87. The number of carbonyl (C=O) groups is 1. The Labute approximate surface area is 156 Å². The zero-order valence-electron chi connectivity index (χ0n) is 15.1. The summed E-state index contributed by atoms with van der Waals surface area (Å²) in [4.78, 5) is 33.4. The number of para-hydroxylation sites is 1. The molecule has 2 aliphatic rings. The van der Waals surface area contributed by atoms with Crippen molar-refractivity contribution in [2.75, 3.05) is 38.0 Å². The lowest BCUT2D eigenvalue weighted by atomic mass is 10.1. The molecule has 2 aromatic rings. The summed E-state index contributed by atoms with van der Waals surface area (Å²) in [6.07, 6.45) is 1.38. The summed E-state index contributed by atoms with van der Waals surface area (Å²) < 4.78 is 5.81. The van der Waals surface area contributed by atoms with Crippen LogP contribution in [0, 0.1) is 0 Å². The van der Waals surface area contributed by atoms with E-state index < -0.39 is 0 Å². The maximum atomic E-state index is 12.5. The molecule has 4 rings (SSSR count). The van der Waals surface area contributed by atoms with Gasteiger partial charge in [0.2, 0.25) is 11.9 Å². The fraction of sp³-hybridized carbons (Fsp3) is 0.421. The van der Waals surface area contributed by atoms with E-state index >= 15 is 0 Å². The van der Waals surface area contributed by atoms with Crippen molar-refractivity contribution in [3.05, 3.63) is 51.4 Å². The number of ether oxygens (including phenoxy) is 1. The van der Waals surface area contributed by atoms with Crippen molar-refractivity contribution in [3.63, 3.8) is 0 Å². The number of rotatable bonds is 5. The molecular weight excluding hydrogens is 346 g/mol. The quantitative estimate of drug-likeness (QED) is 0.664. The van der Waals surface area contributed by atoms with Crippen LogP contribution in [-0.4, -0.2) is 53.5 Å². The number of aromatic amines is 1. The van der Waals surface area contributed by atoms with Crippen LogP contribution in [0.1, 0.15) is 23.2 Å². The highest BCUT2D eigenvalue weighted by molar-refractivity contribution is 5.78. The van der Waals surface area contributed by atoms with Gasteiger partial charge in [0, 0.05) is 38.2 Å². The monoisotopic (exact) mass is 369 g/mol. The maximum Gasteiger partial charge on any atom is 0.256 e. The van der Waals surface area contributed by atoms with Crippen LogP contribution in [-0.2, 0) is 17.8 Å². The number of hydrogen-bond acceptors (Lipinski definition) is 6. The second-order valence-electron chi connectivity index (χ2n) is 6.82. The van der Waals surface area contributed by atoms with E-state index in [1.54, 1.807) is 0 Å². The number of nitrogens with zero attached hydrogens (tertiary/aromatic N) is 2. The Balaban J connectivity index is 1.37. The summed E-state index contributed by atoms with van der Waals surface area (Å²) in [5, 5.41) is 6.00. The van der Waals surface area contributed by atoms with E-state index in [-0.39, 0.29) is 18.1 Å². The molecule has 0 saturated carbocycles. The summed E-state index contributed by atoms with van der Waals surface area (Å²) in [6, 6.07) is 7.74. The molecule has 2 aliphatic heterocycles. The minimum absolute atomic E-state index is 0.0759. The van der Waals surface area contributed by atoms with E-state index in [9.17, 15) is 9.59 Å². The number of nitrogens with one attached hydrogen (secondary N) is 3. The molecule has 1 aromatic carbocycles. The number of anilines is 1. The Morgan fingerprint density at radius 1 is 1.26 bits per heavy atom. The van der Waals surface area contributed by atoms with Gasteiger partial charge in [-0.05, 0) is 18.1 Å². The van der Waals surface area contributed by atoms with Crippen molar-refractivity contribution in [3.8, 4) is 5.75 Å². The third-order valence-corrected chi connectivity index (χ3v) is 4.87.